The Morgan fingerprint density at radius 2 is 1.36 bits per heavy atom. The van der Waals surface area contributed by atoms with E-state index in [0.29, 0.717) is 0 Å². The van der Waals surface area contributed by atoms with Crippen molar-refractivity contribution in [2.24, 2.45) is 11.5 Å². The van der Waals surface area contributed by atoms with Gasteiger partial charge in [0.15, 0.2) is 0 Å². The second-order valence-corrected chi connectivity index (χ2v) is 3.45. The number of ether oxygens (including phenoxy) is 2. The fourth-order valence-electron chi connectivity index (χ4n) is 0.773. The lowest BCUT2D eigenvalue weighted by molar-refractivity contribution is -0.148. The van der Waals surface area contributed by atoms with E-state index in [0.717, 1.165) is 0 Å². The molecule has 0 radical (unpaired) electrons. The number of carbonyl (C=O) groups excluding carboxylic acids is 2. The van der Waals surface area contributed by atoms with E-state index in [4.69, 9.17) is 21.7 Å². The summed E-state index contributed by atoms with van der Waals surface area (Å²) in [6.45, 7) is 0. The van der Waals surface area contributed by atoms with Gasteiger partial charge >= 0.3 is 23.9 Å². The molecule has 0 spiro atoms. The van der Waals surface area contributed by atoms with Crippen molar-refractivity contribution in [2.75, 3.05) is 14.2 Å². The van der Waals surface area contributed by atoms with Crippen molar-refractivity contribution >= 4 is 23.9 Å². The highest BCUT2D eigenvalue weighted by molar-refractivity contribution is 5.82. The molecule has 0 aromatic carbocycles. The van der Waals surface area contributed by atoms with Crippen LogP contribution in [0.4, 0.5) is 0 Å². The van der Waals surface area contributed by atoms with E-state index in [2.05, 4.69) is 9.47 Å². The second kappa shape index (κ2) is 15.2. The van der Waals surface area contributed by atoms with Crippen LogP contribution in [0.5, 0.6) is 0 Å². The number of methoxy groups -OCH3 is 2. The molecule has 10 nitrogen and oxygen atoms in total. The number of nitrogens with two attached hydrogens (primary N) is 2. The molecular weight excluding hydrogens is 300 g/mol. The van der Waals surface area contributed by atoms with Gasteiger partial charge in [-0.15, -0.1) is 0 Å². The van der Waals surface area contributed by atoms with Crippen LogP contribution in [0.25, 0.3) is 0 Å². The van der Waals surface area contributed by atoms with Gasteiger partial charge in [-0.3, -0.25) is 19.2 Å². The minimum absolute atomic E-state index is 0. The van der Waals surface area contributed by atoms with Gasteiger partial charge in [-0.1, -0.05) is 14.9 Å². The molecule has 0 aliphatic carbocycles. The quantitative estimate of drug-likeness (QED) is 0.451. The van der Waals surface area contributed by atoms with E-state index in [1.807, 2.05) is 0 Å². The van der Waals surface area contributed by atoms with Gasteiger partial charge in [-0.25, -0.2) is 0 Å². The third-order valence-electron chi connectivity index (χ3n) is 1.83. The third kappa shape index (κ3) is 15.9. The molecule has 2 atom stereocenters. The van der Waals surface area contributed by atoms with Crippen molar-refractivity contribution in [2.45, 2.75) is 39.8 Å². The van der Waals surface area contributed by atoms with Crippen LogP contribution >= 0.6 is 0 Å². The van der Waals surface area contributed by atoms with E-state index >= 15 is 0 Å². The summed E-state index contributed by atoms with van der Waals surface area (Å²) < 4.78 is 8.57. The number of rotatable bonds is 6. The highest BCUT2D eigenvalue weighted by Crippen LogP contribution is 1.92. The maximum atomic E-state index is 10.6. The second-order valence-electron chi connectivity index (χ2n) is 3.45. The minimum atomic E-state index is -1.29. The van der Waals surface area contributed by atoms with Crippen molar-refractivity contribution in [1.29, 1.82) is 0 Å². The summed E-state index contributed by atoms with van der Waals surface area (Å²) in [6.07, 6.45) is -0.682. The zero-order chi connectivity index (χ0) is 16.3. The Morgan fingerprint density at radius 3 is 1.59 bits per heavy atom. The van der Waals surface area contributed by atoms with Crippen LogP contribution in [-0.2, 0) is 28.7 Å². The van der Waals surface area contributed by atoms with Crippen molar-refractivity contribution in [3.05, 3.63) is 0 Å². The Bertz CT molecular complexity index is 359. The molecule has 0 rings (SSSR count). The summed E-state index contributed by atoms with van der Waals surface area (Å²) in [5.41, 5.74) is 10.1. The lowest BCUT2D eigenvalue weighted by atomic mass is 10.2. The molecule has 0 saturated heterocycles. The average Bonchev–Trinajstić information content (AvgIpc) is 2.37. The molecule has 132 valence electrons. The van der Waals surface area contributed by atoms with Crippen molar-refractivity contribution in [3.63, 3.8) is 0 Å². The van der Waals surface area contributed by atoms with Crippen molar-refractivity contribution < 1.29 is 38.9 Å². The molecule has 0 heterocycles. The van der Waals surface area contributed by atoms with Crippen LogP contribution in [0.1, 0.15) is 27.7 Å². The van der Waals surface area contributed by atoms with Crippen LogP contribution in [0.3, 0.4) is 0 Å². The summed E-state index contributed by atoms with van der Waals surface area (Å²) >= 11 is 0. The number of aliphatic carboxylic acids is 2. The lowest BCUT2D eigenvalue weighted by Gasteiger charge is -2.06. The molecule has 0 bridgehead atoms. The Balaban J connectivity index is -0.000000137. The van der Waals surface area contributed by atoms with Crippen LogP contribution in [-0.4, -0.2) is 60.4 Å². The molecule has 0 aromatic heterocycles. The number of carboxylic acids is 2. The van der Waals surface area contributed by atoms with E-state index < -0.39 is 42.4 Å². The Labute approximate surface area is 129 Å². The highest BCUT2D eigenvalue weighted by atomic mass is 16.5. The fourth-order valence-corrected chi connectivity index (χ4v) is 0.773. The fraction of sp³-hybridized carbons (Fsp3) is 0.667. The topological polar surface area (TPSA) is 179 Å². The summed E-state index contributed by atoms with van der Waals surface area (Å²) in [5, 5.41) is 16.0. The zero-order valence-electron chi connectivity index (χ0n) is 11.1. The number of carbonyl (C=O) groups is 4. The molecule has 0 aromatic rings. The minimum Gasteiger partial charge on any atom is -0.481 e. The van der Waals surface area contributed by atoms with Crippen molar-refractivity contribution in [3.8, 4) is 0 Å². The average molecular weight is 326 g/mol. The molecule has 0 saturated carbocycles. The highest BCUT2D eigenvalue weighted by Gasteiger charge is 2.17. The normalized spacial score (nSPS) is 11.1. The van der Waals surface area contributed by atoms with Crippen LogP contribution in [0, 0.1) is 0 Å². The number of carboxylic acid groups (broad SMARTS) is 2. The first-order valence-electron chi connectivity index (χ1n) is 5.26. The Hall–Kier alpha value is -2.20. The van der Waals surface area contributed by atoms with Gasteiger partial charge in [-0.05, 0) is 0 Å². The van der Waals surface area contributed by atoms with Crippen molar-refractivity contribution in [1.82, 2.24) is 0 Å². The van der Waals surface area contributed by atoms with E-state index in [-0.39, 0.29) is 21.3 Å². The maximum absolute atomic E-state index is 10.6. The standard InChI is InChI=1S/C6H11NO4.C4H7NO4.2CH4/c1-10-5(8)3-4(7)6(9)11-2;5-2(4(8)9)1-3(6)7;;/h4H,3,7H2,1-2H3;2H,1,5H2,(H,6,7)(H,8,9);2*1H4/t4-;2-;;/m00../s1. The molecule has 22 heavy (non-hydrogen) atoms. The molecular formula is C12H26N2O8. The largest absolute Gasteiger partial charge is 0.481 e. The summed E-state index contributed by atoms with van der Waals surface area (Å²) in [4.78, 5) is 40.8. The lowest BCUT2D eigenvalue weighted by Crippen LogP contribution is -2.34. The first kappa shape index (κ1) is 28.0. The predicted molar refractivity (Wildman–Crippen MR) is 78.0 cm³/mol. The first-order valence-corrected chi connectivity index (χ1v) is 5.26. The van der Waals surface area contributed by atoms with E-state index in [1.165, 1.54) is 14.2 Å². The van der Waals surface area contributed by atoms with Gasteiger partial charge in [0.05, 0.1) is 27.1 Å². The molecule has 10 heteroatoms. The molecule has 6 N–H and O–H groups in total. The predicted octanol–water partition coefficient (Wildman–Crippen LogP) is -0.805. The van der Waals surface area contributed by atoms with Gasteiger partial charge in [0.25, 0.3) is 0 Å². The van der Waals surface area contributed by atoms with Gasteiger partial charge in [0, 0.05) is 0 Å². The number of esters is 2. The van der Waals surface area contributed by atoms with Gasteiger partial charge in [-0.2, -0.15) is 0 Å². The van der Waals surface area contributed by atoms with Crippen LogP contribution in [0.15, 0.2) is 0 Å². The number of hydrogen-bond acceptors (Lipinski definition) is 8. The molecule has 0 aliphatic rings. The summed E-state index contributed by atoms with van der Waals surface area (Å²) in [7, 11) is 2.44. The van der Waals surface area contributed by atoms with Gasteiger partial charge in [0.2, 0.25) is 0 Å². The van der Waals surface area contributed by atoms with Crippen LogP contribution < -0.4 is 11.5 Å². The van der Waals surface area contributed by atoms with Gasteiger partial charge in [0.1, 0.15) is 12.1 Å². The third-order valence-corrected chi connectivity index (χ3v) is 1.83. The first-order chi connectivity index (χ1) is 9.15. The SMILES string of the molecule is C.C.COC(=O)C[C@H](N)C(=O)OC.N[C@@H](CC(=O)O)C(=O)O. The summed E-state index contributed by atoms with van der Waals surface area (Å²) in [5.74, 6) is -3.64. The Kier molecular flexibility index (Phi) is 19.4. The van der Waals surface area contributed by atoms with E-state index in [1.54, 1.807) is 0 Å². The monoisotopic (exact) mass is 326 g/mol. The molecule has 0 amide bonds. The number of hydrogen-bond donors (Lipinski definition) is 4. The van der Waals surface area contributed by atoms with Crippen LogP contribution in [0.2, 0.25) is 0 Å². The molecule has 0 aliphatic heterocycles. The maximum Gasteiger partial charge on any atom is 0.323 e. The molecule has 0 fully saturated rings. The summed E-state index contributed by atoms with van der Waals surface area (Å²) in [6, 6.07) is -2.21. The molecule has 0 unspecified atom stereocenters. The zero-order valence-corrected chi connectivity index (χ0v) is 11.1. The smallest absolute Gasteiger partial charge is 0.323 e. The van der Waals surface area contributed by atoms with E-state index in [9.17, 15) is 19.2 Å². The van der Waals surface area contributed by atoms with Gasteiger partial charge < -0.3 is 31.2 Å². The Morgan fingerprint density at radius 1 is 0.909 bits per heavy atom.